The smallest absolute Gasteiger partial charge is 0.224 e. The van der Waals surface area contributed by atoms with E-state index in [1.165, 1.54) is 0 Å². The van der Waals surface area contributed by atoms with E-state index in [4.69, 9.17) is 15.9 Å². The molecule has 0 saturated carbocycles. The summed E-state index contributed by atoms with van der Waals surface area (Å²) < 4.78 is 5.64. The zero-order valence-electron chi connectivity index (χ0n) is 11.4. The van der Waals surface area contributed by atoms with Crippen LogP contribution in [0.5, 0.6) is 5.88 Å². The van der Waals surface area contributed by atoms with Crippen LogP contribution < -0.4 is 10.5 Å². The van der Waals surface area contributed by atoms with Crippen molar-refractivity contribution in [3.63, 3.8) is 0 Å². The lowest BCUT2D eigenvalue weighted by Crippen LogP contribution is -2.28. The fourth-order valence-electron chi connectivity index (χ4n) is 1.78. The number of nitrogen functional groups attached to an aromatic ring is 1. The Morgan fingerprint density at radius 3 is 2.67 bits per heavy atom. The summed E-state index contributed by atoms with van der Waals surface area (Å²) >= 11 is 0. The molecule has 0 bridgehead atoms. The highest BCUT2D eigenvalue weighted by Crippen LogP contribution is 2.18. The van der Waals surface area contributed by atoms with Gasteiger partial charge in [0.15, 0.2) is 0 Å². The second-order valence-corrected chi connectivity index (χ2v) is 4.10. The minimum atomic E-state index is -0.00145. The first-order valence-electron chi connectivity index (χ1n) is 6.25. The van der Waals surface area contributed by atoms with Crippen molar-refractivity contribution < 1.29 is 4.74 Å². The maximum Gasteiger partial charge on any atom is 0.224 e. The fraction of sp³-hybridized carbons (Fsp3) is 0.538. The van der Waals surface area contributed by atoms with E-state index in [0.29, 0.717) is 18.1 Å². The van der Waals surface area contributed by atoms with E-state index in [0.717, 1.165) is 25.2 Å². The van der Waals surface area contributed by atoms with Crippen LogP contribution in [0.3, 0.4) is 0 Å². The Hall–Kier alpha value is -1.62. The molecule has 0 aliphatic carbocycles. The Morgan fingerprint density at radius 2 is 2.11 bits per heavy atom. The van der Waals surface area contributed by atoms with Gasteiger partial charge < -0.3 is 15.4 Å². The van der Waals surface area contributed by atoms with Gasteiger partial charge in [0, 0.05) is 12.7 Å². The SMILES string of the molecule is CCN(CC)CCOc1nccc(C)c1C(=N)N. The standard InChI is InChI=1S/C13H22N4O/c1-4-17(5-2)8-9-18-13-11(12(14)15)10(3)6-7-16-13/h6-7H,4-5,8-9H2,1-3H3,(H3,14,15). The molecule has 0 aliphatic heterocycles. The molecule has 1 heterocycles. The highest BCUT2D eigenvalue weighted by molar-refractivity contribution is 5.98. The summed E-state index contributed by atoms with van der Waals surface area (Å²) in [5, 5.41) is 7.56. The zero-order chi connectivity index (χ0) is 13.5. The second-order valence-electron chi connectivity index (χ2n) is 4.10. The van der Waals surface area contributed by atoms with Crippen LogP contribution in [0, 0.1) is 12.3 Å². The van der Waals surface area contributed by atoms with Crippen LogP contribution in [-0.4, -0.2) is 42.0 Å². The summed E-state index contributed by atoms with van der Waals surface area (Å²) in [7, 11) is 0. The molecule has 0 saturated heterocycles. The van der Waals surface area contributed by atoms with Gasteiger partial charge in [-0.05, 0) is 31.6 Å². The number of aromatic nitrogens is 1. The Kier molecular flexibility index (Phi) is 5.58. The molecule has 18 heavy (non-hydrogen) atoms. The number of amidine groups is 1. The molecular formula is C13H22N4O. The molecule has 1 aromatic heterocycles. The van der Waals surface area contributed by atoms with Gasteiger partial charge >= 0.3 is 0 Å². The third-order valence-corrected chi connectivity index (χ3v) is 2.93. The predicted octanol–water partition coefficient (Wildman–Crippen LogP) is 1.39. The van der Waals surface area contributed by atoms with Crippen LogP contribution in [0.25, 0.3) is 0 Å². The number of aryl methyl sites for hydroxylation is 1. The van der Waals surface area contributed by atoms with E-state index in [1.54, 1.807) is 6.20 Å². The van der Waals surface area contributed by atoms with Gasteiger partial charge in [-0.1, -0.05) is 13.8 Å². The van der Waals surface area contributed by atoms with Crippen molar-refractivity contribution in [2.75, 3.05) is 26.2 Å². The summed E-state index contributed by atoms with van der Waals surface area (Å²) in [6.45, 7) is 9.54. The van der Waals surface area contributed by atoms with E-state index in [1.807, 2.05) is 13.0 Å². The van der Waals surface area contributed by atoms with Gasteiger partial charge in [0.2, 0.25) is 5.88 Å². The van der Waals surface area contributed by atoms with E-state index >= 15 is 0 Å². The van der Waals surface area contributed by atoms with Gasteiger partial charge in [0.05, 0.1) is 5.56 Å². The molecule has 0 aromatic carbocycles. The molecule has 3 N–H and O–H groups in total. The molecule has 0 amide bonds. The third kappa shape index (κ3) is 3.70. The molecule has 0 atom stereocenters. The average molecular weight is 250 g/mol. The highest BCUT2D eigenvalue weighted by Gasteiger charge is 2.11. The Morgan fingerprint density at radius 1 is 1.44 bits per heavy atom. The van der Waals surface area contributed by atoms with Gasteiger partial charge in [-0.3, -0.25) is 5.41 Å². The monoisotopic (exact) mass is 250 g/mol. The second kappa shape index (κ2) is 6.96. The summed E-state index contributed by atoms with van der Waals surface area (Å²) in [5.74, 6) is 0.452. The molecule has 5 nitrogen and oxygen atoms in total. The third-order valence-electron chi connectivity index (χ3n) is 2.93. The molecule has 0 fully saturated rings. The van der Waals surface area contributed by atoms with Crippen molar-refractivity contribution in [3.8, 4) is 5.88 Å². The van der Waals surface area contributed by atoms with Crippen molar-refractivity contribution in [1.29, 1.82) is 5.41 Å². The number of pyridine rings is 1. The highest BCUT2D eigenvalue weighted by atomic mass is 16.5. The maximum absolute atomic E-state index is 7.56. The molecule has 5 heteroatoms. The molecular weight excluding hydrogens is 228 g/mol. The van der Waals surface area contributed by atoms with Crippen LogP contribution >= 0.6 is 0 Å². The number of hydrogen-bond acceptors (Lipinski definition) is 4. The van der Waals surface area contributed by atoms with Gasteiger partial charge in [-0.25, -0.2) is 4.98 Å². The lowest BCUT2D eigenvalue weighted by Gasteiger charge is -2.18. The van der Waals surface area contributed by atoms with E-state index < -0.39 is 0 Å². The molecule has 0 radical (unpaired) electrons. The lowest BCUT2D eigenvalue weighted by atomic mass is 10.1. The maximum atomic E-state index is 7.56. The summed E-state index contributed by atoms with van der Waals surface area (Å²) in [4.78, 5) is 6.41. The summed E-state index contributed by atoms with van der Waals surface area (Å²) in [5.41, 5.74) is 7.06. The van der Waals surface area contributed by atoms with Crippen LogP contribution in [0.4, 0.5) is 0 Å². The fourth-order valence-corrected chi connectivity index (χ4v) is 1.78. The Bertz CT molecular complexity index is 402. The van der Waals surface area contributed by atoms with E-state index in [2.05, 4.69) is 23.7 Å². The Balaban J connectivity index is 2.67. The average Bonchev–Trinajstić information content (AvgIpc) is 2.34. The topological polar surface area (TPSA) is 75.2 Å². The van der Waals surface area contributed by atoms with Gasteiger partial charge in [0.1, 0.15) is 12.4 Å². The lowest BCUT2D eigenvalue weighted by molar-refractivity contribution is 0.217. The predicted molar refractivity (Wildman–Crippen MR) is 73.3 cm³/mol. The number of likely N-dealkylation sites (N-methyl/N-ethyl adjacent to an activating group) is 1. The molecule has 0 aliphatic rings. The van der Waals surface area contributed by atoms with Crippen molar-refractivity contribution >= 4 is 5.84 Å². The van der Waals surface area contributed by atoms with Crippen molar-refractivity contribution in [2.45, 2.75) is 20.8 Å². The quantitative estimate of drug-likeness (QED) is 0.566. The van der Waals surface area contributed by atoms with E-state index in [9.17, 15) is 0 Å². The summed E-state index contributed by atoms with van der Waals surface area (Å²) in [6, 6.07) is 1.83. The largest absolute Gasteiger partial charge is 0.476 e. The number of nitrogens with zero attached hydrogens (tertiary/aromatic N) is 2. The first kappa shape index (κ1) is 14.4. The van der Waals surface area contributed by atoms with Crippen LogP contribution in [0.2, 0.25) is 0 Å². The number of nitrogens with two attached hydrogens (primary N) is 1. The molecule has 0 spiro atoms. The normalized spacial score (nSPS) is 10.7. The Labute approximate surface area is 108 Å². The molecule has 0 unspecified atom stereocenters. The number of nitrogens with one attached hydrogen (secondary N) is 1. The van der Waals surface area contributed by atoms with Crippen molar-refractivity contribution in [2.24, 2.45) is 5.73 Å². The van der Waals surface area contributed by atoms with Gasteiger partial charge in [0.25, 0.3) is 0 Å². The van der Waals surface area contributed by atoms with Crippen LogP contribution in [-0.2, 0) is 0 Å². The molecule has 100 valence electrons. The van der Waals surface area contributed by atoms with Crippen LogP contribution in [0.1, 0.15) is 25.0 Å². The first-order chi connectivity index (χ1) is 8.60. The van der Waals surface area contributed by atoms with Crippen molar-refractivity contribution in [1.82, 2.24) is 9.88 Å². The van der Waals surface area contributed by atoms with E-state index in [-0.39, 0.29) is 5.84 Å². The van der Waals surface area contributed by atoms with Gasteiger partial charge in [-0.15, -0.1) is 0 Å². The number of hydrogen-bond donors (Lipinski definition) is 2. The number of rotatable bonds is 7. The molecule has 1 aromatic rings. The number of ether oxygens (including phenoxy) is 1. The van der Waals surface area contributed by atoms with Crippen molar-refractivity contribution in [3.05, 3.63) is 23.4 Å². The minimum absolute atomic E-state index is 0.00145. The first-order valence-corrected chi connectivity index (χ1v) is 6.25. The van der Waals surface area contributed by atoms with Gasteiger partial charge in [-0.2, -0.15) is 0 Å². The summed E-state index contributed by atoms with van der Waals surface area (Å²) in [6.07, 6.45) is 1.68. The van der Waals surface area contributed by atoms with Crippen LogP contribution in [0.15, 0.2) is 12.3 Å². The zero-order valence-corrected chi connectivity index (χ0v) is 11.4. The molecule has 1 rings (SSSR count). The minimum Gasteiger partial charge on any atom is -0.476 e.